The van der Waals surface area contributed by atoms with Crippen molar-refractivity contribution in [3.05, 3.63) is 59.7 Å². The second-order valence-corrected chi connectivity index (χ2v) is 6.19. The molecule has 1 aliphatic heterocycles. The van der Waals surface area contributed by atoms with Gasteiger partial charge in [-0.25, -0.2) is 4.79 Å². The van der Waals surface area contributed by atoms with Crippen LogP contribution in [0.5, 0.6) is 11.5 Å². The molecule has 0 spiro atoms. The Morgan fingerprint density at radius 3 is 2.69 bits per heavy atom. The summed E-state index contributed by atoms with van der Waals surface area (Å²) < 4.78 is 10.7. The number of hydrogen-bond acceptors (Lipinski definition) is 4. The van der Waals surface area contributed by atoms with Gasteiger partial charge in [-0.1, -0.05) is 30.3 Å². The third kappa shape index (κ3) is 4.75. The first-order valence-corrected chi connectivity index (χ1v) is 8.54. The van der Waals surface area contributed by atoms with Crippen LogP contribution in [0.15, 0.2) is 48.5 Å². The molecule has 0 aromatic heterocycles. The molecule has 6 nitrogen and oxygen atoms in total. The van der Waals surface area contributed by atoms with E-state index >= 15 is 0 Å². The molecule has 2 N–H and O–H groups in total. The molecule has 0 saturated carbocycles. The molecular weight excluding hydrogens is 334 g/mol. The average molecular weight is 355 g/mol. The summed E-state index contributed by atoms with van der Waals surface area (Å²) in [6.07, 6.45) is 1.38. The fourth-order valence-corrected chi connectivity index (χ4v) is 2.87. The first kappa shape index (κ1) is 17.8. The molecule has 1 amide bonds. The number of amides is 1. The second-order valence-electron chi connectivity index (χ2n) is 6.19. The zero-order valence-electron chi connectivity index (χ0n) is 14.3. The normalized spacial score (nSPS) is 15.5. The van der Waals surface area contributed by atoms with Crippen LogP contribution in [-0.4, -0.2) is 36.7 Å². The van der Waals surface area contributed by atoms with Crippen LogP contribution >= 0.6 is 0 Å². The highest BCUT2D eigenvalue weighted by Gasteiger charge is 2.25. The summed E-state index contributed by atoms with van der Waals surface area (Å²) in [5, 5.41) is 11.5. The molecular formula is C20H21NO5. The number of carboxylic acids is 1. The van der Waals surface area contributed by atoms with Crippen LogP contribution in [0.1, 0.15) is 11.1 Å². The van der Waals surface area contributed by atoms with Crippen LogP contribution in [0, 0.1) is 5.92 Å². The molecule has 2 aromatic rings. The molecule has 2 aromatic carbocycles. The minimum Gasteiger partial charge on any atom is -0.492 e. The van der Waals surface area contributed by atoms with Gasteiger partial charge in [0.25, 0.3) is 0 Å². The standard InChI is InChI=1S/C20H21NO5/c22-19(23)13-25-17-7-5-14(6-8-17)9-10-21-20(24)16-11-15-3-1-2-4-18(15)26-12-16/h1-8,16H,9-13H2,(H,21,24)(H,22,23). The molecule has 0 bridgehead atoms. The number of fused-ring (bicyclic) bond motifs is 1. The molecule has 0 fully saturated rings. The molecule has 1 atom stereocenters. The maximum absolute atomic E-state index is 12.3. The highest BCUT2D eigenvalue weighted by molar-refractivity contribution is 5.79. The van der Waals surface area contributed by atoms with E-state index in [-0.39, 0.29) is 18.4 Å². The molecule has 26 heavy (non-hydrogen) atoms. The molecule has 136 valence electrons. The fourth-order valence-electron chi connectivity index (χ4n) is 2.87. The van der Waals surface area contributed by atoms with E-state index in [1.165, 1.54) is 0 Å². The van der Waals surface area contributed by atoms with Gasteiger partial charge in [0.1, 0.15) is 18.1 Å². The summed E-state index contributed by atoms with van der Waals surface area (Å²) in [6.45, 7) is 0.576. The van der Waals surface area contributed by atoms with Crippen LogP contribution in [0.2, 0.25) is 0 Å². The van der Waals surface area contributed by atoms with Gasteiger partial charge in [-0.05, 0) is 42.2 Å². The van der Waals surface area contributed by atoms with Crippen LogP contribution in [-0.2, 0) is 22.4 Å². The Bertz CT molecular complexity index is 772. The van der Waals surface area contributed by atoms with Gasteiger partial charge in [-0.15, -0.1) is 0 Å². The van der Waals surface area contributed by atoms with E-state index in [0.29, 0.717) is 31.7 Å². The lowest BCUT2D eigenvalue weighted by atomic mass is 9.96. The number of hydrogen-bond donors (Lipinski definition) is 2. The molecule has 1 aliphatic rings. The van der Waals surface area contributed by atoms with E-state index < -0.39 is 5.97 Å². The maximum Gasteiger partial charge on any atom is 0.341 e. The monoisotopic (exact) mass is 355 g/mol. The smallest absolute Gasteiger partial charge is 0.341 e. The Morgan fingerprint density at radius 2 is 1.92 bits per heavy atom. The van der Waals surface area contributed by atoms with Crippen molar-refractivity contribution in [2.45, 2.75) is 12.8 Å². The second kappa shape index (κ2) is 8.38. The van der Waals surface area contributed by atoms with Gasteiger partial charge in [-0.2, -0.15) is 0 Å². The highest BCUT2D eigenvalue weighted by atomic mass is 16.5. The lowest BCUT2D eigenvalue weighted by Crippen LogP contribution is -2.38. The van der Waals surface area contributed by atoms with Gasteiger partial charge >= 0.3 is 5.97 Å². The summed E-state index contributed by atoms with van der Waals surface area (Å²) in [7, 11) is 0. The summed E-state index contributed by atoms with van der Waals surface area (Å²) in [4.78, 5) is 22.8. The van der Waals surface area contributed by atoms with E-state index in [1.54, 1.807) is 12.1 Å². The Morgan fingerprint density at radius 1 is 1.15 bits per heavy atom. The third-order valence-electron chi connectivity index (χ3n) is 4.25. The molecule has 0 radical (unpaired) electrons. The lowest BCUT2D eigenvalue weighted by Gasteiger charge is -2.24. The molecule has 1 unspecified atom stereocenters. The predicted octanol–water partition coefficient (Wildman–Crippen LogP) is 2.06. The topological polar surface area (TPSA) is 84.9 Å². The van der Waals surface area contributed by atoms with Crippen LogP contribution in [0.3, 0.4) is 0 Å². The average Bonchev–Trinajstić information content (AvgIpc) is 2.67. The van der Waals surface area contributed by atoms with Crippen molar-refractivity contribution in [1.82, 2.24) is 5.32 Å². The van der Waals surface area contributed by atoms with E-state index in [9.17, 15) is 9.59 Å². The number of carbonyl (C=O) groups excluding carboxylic acids is 1. The van der Waals surface area contributed by atoms with Gasteiger partial charge in [0, 0.05) is 6.54 Å². The Labute approximate surface area is 151 Å². The number of carboxylic acid groups (broad SMARTS) is 1. The quantitative estimate of drug-likeness (QED) is 0.794. The van der Waals surface area contributed by atoms with Gasteiger partial charge in [-0.3, -0.25) is 4.79 Å². The number of aliphatic carboxylic acids is 1. The van der Waals surface area contributed by atoms with Gasteiger partial charge in [0.2, 0.25) is 5.91 Å². The molecule has 0 saturated heterocycles. The molecule has 3 rings (SSSR count). The van der Waals surface area contributed by atoms with Gasteiger partial charge < -0.3 is 19.9 Å². The summed E-state index contributed by atoms with van der Waals surface area (Å²) in [5.41, 5.74) is 2.11. The van der Waals surface area contributed by atoms with Crippen molar-refractivity contribution in [2.24, 2.45) is 5.92 Å². The SMILES string of the molecule is O=C(O)COc1ccc(CCNC(=O)C2COc3ccccc3C2)cc1. The Balaban J connectivity index is 1.43. The maximum atomic E-state index is 12.3. The van der Waals surface area contributed by atoms with E-state index in [2.05, 4.69) is 5.32 Å². The zero-order valence-corrected chi connectivity index (χ0v) is 14.3. The number of nitrogens with one attached hydrogen (secondary N) is 1. The summed E-state index contributed by atoms with van der Waals surface area (Å²) in [6, 6.07) is 15.0. The summed E-state index contributed by atoms with van der Waals surface area (Å²) >= 11 is 0. The van der Waals surface area contributed by atoms with Crippen molar-refractivity contribution in [1.29, 1.82) is 0 Å². The minimum atomic E-state index is -1.01. The molecule has 1 heterocycles. The van der Waals surface area contributed by atoms with Crippen molar-refractivity contribution in [3.63, 3.8) is 0 Å². The van der Waals surface area contributed by atoms with E-state index in [0.717, 1.165) is 16.9 Å². The van der Waals surface area contributed by atoms with Gasteiger partial charge in [0.15, 0.2) is 6.61 Å². The Hall–Kier alpha value is -3.02. The highest BCUT2D eigenvalue weighted by Crippen LogP contribution is 2.26. The van der Waals surface area contributed by atoms with E-state index in [1.807, 2.05) is 36.4 Å². The first-order valence-electron chi connectivity index (χ1n) is 8.54. The lowest BCUT2D eigenvalue weighted by molar-refractivity contribution is -0.139. The predicted molar refractivity (Wildman–Crippen MR) is 95.4 cm³/mol. The molecule has 0 aliphatic carbocycles. The van der Waals surface area contributed by atoms with Gasteiger partial charge in [0.05, 0.1) is 5.92 Å². The first-order chi connectivity index (χ1) is 12.6. The minimum absolute atomic E-state index is 0.000847. The third-order valence-corrected chi connectivity index (χ3v) is 4.25. The largest absolute Gasteiger partial charge is 0.492 e. The van der Waals surface area contributed by atoms with Crippen LogP contribution < -0.4 is 14.8 Å². The van der Waals surface area contributed by atoms with Crippen LogP contribution in [0.25, 0.3) is 0 Å². The number of carbonyl (C=O) groups is 2. The fraction of sp³-hybridized carbons (Fsp3) is 0.300. The molecule has 6 heteroatoms. The number of rotatable bonds is 7. The van der Waals surface area contributed by atoms with Crippen molar-refractivity contribution >= 4 is 11.9 Å². The number of ether oxygens (including phenoxy) is 2. The number of benzene rings is 2. The summed E-state index contributed by atoms with van der Waals surface area (Å²) in [5.74, 6) is 0.198. The van der Waals surface area contributed by atoms with Crippen molar-refractivity contribution in [2.75, 3.05) is 19.8 Å². The zero-order chi connectivity index (χ0) is 18.4. The van der Waals surface area contributed by atoms with E-state index in [4.69, 9.17) is 14.6 Å². The van der Waals surface area contributed by atoms with Crippen molar-refractivity contribution in [3.8, 4) is 11.5 Å². The Kier molecular flexibility index (Phi) is 5.73. The number of para-hydroxylation sites is 1. The van der Waals surface area contributed by atoms with Crippen molar-refractivity contribution < 1.29 is 24.2 Å². The van der Waals surface area contributed by atoms with Crippen LogP contribution in [0.4, 0.5) is 0 Å².